The van der Waals surface area contributed by atoms with Crippen molar-refractivity contribution in [2.24, 2.45) is 5.92 Å². The molecule has 4 rings (SSSR count). The zero-order valence-corrected chi connectivity index (χ0v) is 18.8. The van der Waals surface area contributed by atoms with Crippen LogP contribution in [0.3, 0.4) is 0 Å². The van der Waals surface area contributed by atoms with Crippen LogP contribution >= 0.6 is 0 Å². The van der Waals surface area contributed by atoms with E-state index in [0.29, 0.717) is 24.1 Å². The monoisotopic (exact) mass is 422 g/mol. The molecule has 0 spiro atoms. The molecule has 0 bridgehead atoms. The van der Waals surface area contributed by atoms with Crippen LogP contribution in [0.15, 0.2) is 30.7 Å². The third kappa shape index (κ3) is 5.79. The van der Waals surface area contributed by atoms with E-state index in [1.165, 1.54) is 12.8 Å². The van der Waals surface area contributed by atoms with Crippen molar-refractivity contribution < 1.29 is 4.79 Å². The van der Waals surface area contributed by atoms with Gasteiger partial charge in [0.25, 0.3) is 0 Å². The number of aryl methyl sites for hydroxylation is 1. The zero-order valence-electron chi connectivity index (χ0n) is 18.8. The second-order valence-corrected chi connectivity index (χ2v) is 9.08. The summed E-state index contributed by atoms with van der Waals surface area (Å²) in [6.45, 7) is 9.11. The lowest BCUT2D eigenvalue weighted by atomic mass is 9.93. The van der Waals surface area contributed by atoms with Crippen LogP contribution in [0.2, 0.25) is 0 Å². The number of amides is 1. The van der Waals surface area contributed by atoms with Gasteiger partial charge in [-0.15, -0.1) is 0 Å². The molecule has 2 aliphatic heterocycles. The van der Waals surface area contributed by atoms with Crippen molar-refractivity contribution in [2.75, 3.05) is 38.0 Å². The van der Waals surface area contributed by atoms with E-state index in [2.05, 4.69) is 27.1 Å². The summed E-state index contributed by atoms with van der Waals surface area (Å²) in [5.74, 6) is 2.91. The van der Waals surface area contributed by atoms with Crippen LogP contribution in [0.1, 0.15) is 56.2 Å². The molecule has 2 aromatic rings. The smallest absolute Gasteiger partial charge is 0.223 e. The molecule has 166 valence electrons. The highest BCUT2D eigenvalue weighted by molar-refractivity contribution is 5.76. The molecule has 2 fully saturated rings. The highest BCUT2D eigenvalue weighted by atomic mass is 16.2. The minimum atomic E-state index is 0.295. The molecule has 0 radical (unpaired) electrons. The van der Waals surface area contributed by atoms with E-state index in [9.17, 15) is 4.79 Å². The van der Waals surface area contributed by atoms with Crippen molar-refractivity contribution >= 4 is 17.5 Å². The van der Waals surface area contributed by atoms with E-state index >= 15 is 0 Å². The fraction of sp³-hybridized carbons (Fsp3) is 0.583. The summed E-state index contributed by atoms with van der Waals surface area (Å²) in [5.41, 5.74) is 2.06. The van der Waals surface area contributed by atoms with Gasteiger partial charge >= 0.3 is 0 Å². The third-order valence-electron chi connectivity index (χ3n) is 6.56. The predicted molar refractivity (Wildman–Crippen MR) is 122 cm³/mol. The van der Waals surface area contributed by atoms with Crippen LogP contribution in [0.4, 0.5) is 11.6 Å². The first kappa shape index (κ1) is 21.7. The maximum absolute atomic E-state index is 12.7. The van der Waals surface area contributed by atoms with Crippen LogP contribution in [0.5, 0.6) is 0 Å². The van der Waals surface area contributed by atoms with Gasteiger partial charge in [-0.05, 0) is 56.7 Å². The standard InChI is InChI=1S/C24H34N6O/c1-18-5-4-11-29(17-18)12-9-23(31)30-13-7-20(8-14-30)21-15-25-16-22(27-21)28-24-19(2)6-3-10-26-24/h3,6,10,15-16,18,20H,4-5,7-9,11-14,17H2,1-2H3,(H,26,27,28)/t18-/m0/s1. The van der Waals surface area contributed by atoms with E-state index in [0.717, 1.165) is 68.6 Å². The van der Waals surface area contributed by atoms with Gasteiger partial charge < -0.3 is 15.1 Å². The largest absolute Gasteiger partial charge is 0.343 e. The maximum atomic E-state index is 12.7. The molecule has 0 aromatic carbocycles. The minimum Gasteiger partial charge on any atom is -0.343 e. The van der Waals surface area contributed by atoms with Gasteiger partial charge in [0.2, 0.25) is 5.91 Å². The zero-order chi connectivity index (χ0) is 21.6. The number of hydrogen-bond acceptors (Lipinski definition) is 6. The number of carbonyl (C=O) groups is 1. The second kappa shape index (κ2) is 10.2. The Labute approximate surface area is 185 Å². The fourth-order valence-electron chi connectivity index (χ4n) is 4.70. The Hall–Kier alpha value is -2.54. The van der Waals surface area contributed by atoms with Gasteiger partial charge in [0.05, 0.1) is 11.9 Å². The number of piperidine rings is 2. The Bertz CT molecular complexity index is 880. The number of nitrogens with one attached hydrogen (secondary N) is 1. The number of rotatable bonds is 6. The predicted octanol–water partition coefficient (Wildman–Crippen LogP) is 3.75. The Morgan fingerprint density at radius 1 is 1.19 bits per heavy atom. The molecular formula is C24H34N6O. The van der Waals surface area contributed by atoms with Crippen LogP contribution < -0.4 is 5.32 Å². The van der Waals surface area contributed by atoms with Gasteiger partial charge in [-0.1, -0.05) is 13.0 Å². The first-order valence-electron chi connectivity index (χ1n) is 11.6. The van der Waals surface area contributed by atoms with E-state index in [1.54, 1.807) is 12.4 Å². The topological polar surface area (TPSA) is 74.2 Å². The summed E-state index contributed by atoms with van der Waals surface area (Å²) in [7, 11) is 0. The quantitative estimate of drug-likeness (QED) is 0.764. The molecule has 1 amide bonds. The maximum Gasteiger partial charge on any atom is 0.223 e. The van der Waals surface area contributed by atoms with Crippen molar-refractivity contribution in [1.29, 1.82) is 0 Å². The SMILES string of the molecule is Cc1cccnc1Nc1cncc(C2CCN(C(=O)CCN3CCC[C@H](C)C3)CC2)n1. The number of aromatic nitrogens is 3. The van der Waals surface area contributed by atoms with Crippen molar-refractivity contribution in [3.63, 3.8) is 0 Å². The Morgan fingerprint density at radius 2 is 2.03 bits per heavy atom. The average Bonchev–Trinajstić information content (AvgIpc) is 2.79. The number of anilines is 2. The number of pyridine rings is 1. The first-order chi connectivity index (χ1) is 15.1. The van der Waals surface area contributed by atoms with Gasteiger partial charge in [0.15, 0.2) is 0 Å². The number of nitrogens with zero attached hydrogens (tertiary/aromatic N) is 5. The third-order valence-corrected chi connectivity index (χ3v) is 6.56. The molecule has 31 heavy (non-hydrogen) atoms. The van der Waals surface area contributed by atoms with Crippen LogP contribution in [-0.4, -0.2) is 63.4 Å². The molecule has 0 saturated carbocycles. The summed E-state index contributed by atoms with van der Waals surface area (Å²) < 4.78 is 0. The molecule has 2 aromatic heterocycles. The molecule has 7 heteroatoms. The number of hydrogen-bond donors (Lipinski definition) is 1. The lowest BCUT2D eigenvalue weighted by molar-refractivity contribution is -0.132. The summed E-state index contributed by atoms with van der Waals surface area (Å²) in [5, 5.41) is 3.28. The van der Waals surface area contributed by atoms with Crippen molar-refractivity contribution in [2.45, 2.75) is 51.9 Å². The van der Waals surface area contributed by atoms with E-state index < -0.39 is 0 Å². The van der Waals surface area contributed by atoms with Gasteiger partial charge in [-0.2, -0.15) is 0 Å². The normalized spacial score (nSPS) is 20.6. The highest BCUT2D eigenvalue weighted by Gasteiger charge is 2.26. The molecular weight excluding hydrogens is 388 g/mol. The van der Waals surface area contributed by atoms with Gasteiger partial charge in [-0.3, -0.25) is 9.78 Å². The summed E-state index contributed by atoms with van der Waals surface area (Å²) in [6.07, 6.45) is 10.5. The molecule has 1 atom stereocenters. The fourth-order valence-corrected chi connectivity index (χ4v) is 4.70. The minimum absolute atomic E-state index is 0.295. The summed E-state index contributed by atoms with van der Waals surface area (Å²) in [6, 6.07) is 3.94. The van der Waals surface area contributed by atoms with E-state index in [-0.39, 0.29) is 0 Å². The van der Waals surface area contributed by atoms with Crippen LogP contribution in [-0.2, 0) is 4.79 Å². The second-order valence-electron chi connectivity index (χ2n) is 9.08. The average molecular weight is 423 g/mol. The highest BCUT2D eigenvalue weighted by Crippen LogP contribution is 2.28. The Morgan fingerprint density at radius 3 is 2.81 bits per heavy atom. The van der Waals surface area contributed by atoms with Crippen LogP contribution in [0, 0.1) is 12.8 Å². The molecule has 7 nitrogen and oxygen atoms in total. The van der Waals surface area contributed by atoms with Gasteiger partial charge in [-0.25, -0.2) is 9.97 Å². The number of likely N-dealkylation sites (tertiary alicyclic amines) is 2. The summed E-state index contributed by atoms with van der Waals surface area (Å²) in [4.78, 5) is 30.7. The number of carbonyl (C=O) groups excluding carboxylic acids is 1. The van der Waals surface area contributed by atoms with E-state index in [4.69, 9.17) is 4.98 Å². The van der Waals surface area contributed by atoms with Crippen molar-refractivity contribution in [3.05, 3.63) is 42.0 Å². The first-order valence-corrected chi connectivity index (χ1v) is 11.6. The lowest BCUT2D eigenvalue weighted by Crippen LogP contribution is -2.41. The van der Waals surface area contributed by atoms with Crippen molar-refractivity contribution in [1.82, 2.24) is 24.8 Å². The van der Waals surface area contributed by atoms with Gasteiger partial charge in [0, 0.05) is 50.9 Å². The summed E-state index contributed by atoms with van der Waals surface area (Å²) >= 11 is 0. The van der Waals surface area contributed by atoms with Crippen molar-refractivity contribution in [3.8, 4) is 0 Å². The Balaban J connectivity index is 1.27. The molecule has 0 unspecified atom stereocenters. The van der Waals surface area contributed by atoms with Crippen LogP contribution in [0.25, 0.3) is 0 Å². The van der Waals surface area contributed by atoms with Gasteiger partial charge in [0.1, 0.15) is 11.6 Å². The van der Waals surface area contributed by atoms with E-state index in [1.807, 2.05) is 30.2 Å². The molecule has 2 saturated heterocycles. The molecule has 0 aliphatic carbocycles. The lowest BCUT2D eigenvalue weighted by Gasteiger charge is -2.34. The molecule has 4 heterocycles. The Kier molecular flexibility index (Phi) is 7.12. The molecule has 1 N–H and O–H groups in total. The molecule has 2 aliphatic rings.